The summed E-state index contributed by atoms with van der Waals surface area (Å²) in [7, 11) is 0. The summed E-state index contributed by atoms with van der Waals surface area (Å²) in [5.41, 5.74) is 0. The van der Waals surface area contributed by atoms with Crippen LogP contribution in [-0.4, -0.2) is 33.6 Å². The number of hydrogen-bond acceptors (Lipinski definition) is 5. The van der Waals surface area contributed by atoms with Crippen molar-refractivity contribution in [2.45, 2.75) is 50.8 Å². The number of nitrogens with zero attached hydrogens (tertiary/aromatic N) is 2. The predicted octanol–water partition coefficient (Wildman–Crippen LogP) is 4.15. The fraction of sp³-hybridized carbons (Fsp3) is 0.714. The highest BCUT2D eigenvalue weighted by Gasteiger charge is 2.27. The molecule has 1 aliphatic carbocycles. The molecule has 112 valence electrons. The van der Waals surface area contributed by atoms with Crippen LogP contribution in [0, 0.1) is 0 Å². The molecule has 1 aromatic heterocycles. The molecule has 1 saturated carbocycles. The smallest absolute Gasteiger partial charge is 0.224 e. The predicted molar refractivity (Wildman–Crippen MR) is 91.7 cm³/mol. The summed E-state index contributed by atoms with van der Waals surface area (Å²) in [6.07, 6.45) is 6.73. The fourth-order valence-electron chi connectivity index (χ4n) is 2.47. The van der Waals surface area contributed by atoms with Gasteiger partial charge in [0.15, 0.2) is 0 Å². The fourth-order valence-corrected chi connectivity index (χ4v) is 3.97. The molecule has 0 aliphatic heterocycles. The molecule has 0 bridgehead atoms. The van der Waals surface area contributed by atoms with Gasteiger partial charge in [0.25, 0.3) is 0 Å². The van der Waals surface area contributed by atoms with Gasteiger partial charge in [-0.25, -0.2) is 4.98 Å². The second kappa shape index (κ2) is 8.08. The molecule has 0 aromatic carbocycles. The maximum absolute atomic E-state index is 4.58. The number of nitrogens with one attached hydrogen (secondary N) is 2. The van der Waals surface area contributed by atoms with Gasteiger partial charge in [0.2, 0.25) is 5.95 Å². The number of hydrogen-bond donors (Lipinski definition) is 2. The first kappa shape index (κ1) is 15.9. The summed E-state index contributed by atoms with van der Waals surface area (Å²) in [6, 6.07) is 0.519. The average Bonchev–Trinajstić information content (AvgIpc) is 2.87. The third-order valence-electron chi connectivity index (χ3n) is 3.43. The van der Waals surface area contributed by atoms with Crippen LogP contribution in [0.2, 0.25) is 0 Å². The van der Waals surface area contributed by atoms with Crippen molar-refractivity contribution in [1.82, 2.24) is 9.97 Å². The molecule has 2 atom stereocenters. The lowest BCUT2D eigenvalue weighted by atomic mass is 10.2. The number of rotatable bonds is 7. The van der Waals surface area contributed by atoms with E-state index in [1.807, 2.05) is 6.20 Å². The minimum Gasteiger partial charge on any atom is -0.365 e. The van der Waals surface area contributed by atoms with Crippen molar-refractivity contribution in [3.63, 3.8) is 0 Å². The summed E-state index contributed by atoms with van der Waals surface area (Å²) in [5, 5.41) is 7.54. The normalized spacial score (nSPS) is 21.9. The lowest BCUT2D eigenvalue weighted by Gasteiger charge is -2.21. The van der Waals surface area contributed by atoms with Crippen LogP contribution in [0.4, 0.5) is 11.8 Å². The lowest BCUT2D eigenvalue weighted by Crippen LogP contribution is -2.27. The molecule has 2 unspecified atom stereocenters. The SMILES string of the molecule is CCCNc1ncc(Br)c(NC2CCCC2SCC)n1. The van der Waals surface area contributed by atoms with E-state index in [1.165, 1.54) is 25.0 Å². The Morgan fingerprint density at radius 1 is 1.40 bits per heavy atom. The van der Waals surface area contributed by atoms with E-state index in [0.717, 1.165) is 23.3 Å². The van der Waals surface area contributed by atoms with Gasteiger partial charge in [-0.05, 0) is 40.9 Å². The first-order chi connectivity index (χ1) is 9.74. The number of halogens is 1. The Balaban J connectivity index is 2.03. The molecule has 1 aliphatic rings. The van der Waals surface area contributed by atoms with E-state index in [4.69, 9.17) is 0 Å². The minimum atomic E-state index is 0.519. The van der Waals surface area contributed by atoms with Crippen LogP contribution in [0.1, 0.15) is 39.5 Å². The number of aromatic nitrogens is 2. The molecule has 0 saturated heterocycles. The molecule has 2 N–H and O–H groups in total. The molecule has 6 heteroatoms. The van der Waals surface area contributed by atoms with E-state index in [-0.39, 0.29) is 0 Å². The molecular formula is C14H23BrN4S. The zero-order valence-electron chi connectivity index (χ0n) is 12.2. The highest BCUT2D eigenvalue weighted by atomic mass is 79.9. The Hall–Kier alpha value is -0.490. The van der Waals surface area contributed by atoms with Crippen LogP contribution >= 0.6 is 27.7 Å². The average molecular weight is 359 g/mol. The molecule has 2 rings (SSSR count). The van der Waals surface area contributed by atoms with Crippen molar-refractivity contribution in [3.8, 4) is 0 Å². The van der Waals surface area contributed by atoms with Crippen LogP contribution in [0.25, 0.3) is 0 Å². The molecular weight excluding hydrogens is 336 g/mol. The highest BCUT2D eigenvalue weighted by Crippen LogP contribution is 2.33. The molecule has 0 radical (unpaired) electrons. The van der Waals surface area contributed by atoms with Gasteiger partial charge in [-0.2, -0.15) is 16.7 Å². The van der Waals surface area contributed by atoms with Crippen molar-refractivity contribution >= 4 is 39.5 Å². The Bertz CT molecular complexity index is 430. The van der Waals surface area contributed by atoms with E-state index in [1.54, 1.807) is 0 Å². The van der Waals surface area contributed by atoms with Gasteiger partial charge >= 0.3 is 0 Å². The standard InChI is InChI=1S/C14H23BrN4S/c1-3-8-16-14-17-9-10(15)13(19-14)18-11-6-5-7-12(11)20-4-2/h9,11-12H,3-8H2,1-2H3,(H2,16,17,18,19). The summed E-state index contributed by atoms with van der Waals surface area (Å²) in [6.45, 7) is 5.27. The number of thioether (sulfide) groups is 1. The van der Waals surface area contributed by atoms with Gasteiger partial charge in [-0.15, -0.1) is 0 Å². The third kappa shape index (κ3) is 4.25. The Labute approximate surface area is 134 Å². The molecule has 20 heavy (non-hydrogen) atoms. The molecule has 1 fully saturated rings. The summed E-state index contributed by atoms with van der Waals surface area (Å²) < 4.78 is 0.937. The van der Waals surface area contributed by atoms with Crippen molar-refractivity contribution in [1.29, 1.82) is 0 Å². The van der Waals surface area contributed by atoms with Crippen LogP contribution in [0.5, 0.6) is 0 Å². The first-order valence-electron chi connectivity index (χ1n) is 7.39. The number of anilines is 2. The van der Waals surface area contributed by atoms with Gasteiger partial charge in [0, 0.05) is 24.0 Å². The van der Waals surface area contributed by atoms with Crippen molar-refractivity contribution < 1.29 is 0 Å². The molecule has 0 spiro atoms. The zero-order valence-corrected chi connectivity index (χ0v) is 14.6. The van der Waals surface area contributed by atoms with Gasteiger partial charge in [-0.3, -0.25) is 0 Å². The molecule has 1 heterocycles. The highest BCUT2D eigenvalue weighted by molar-refractivity contribution is 9.10. The van der Waals surface area contributed by atoms with E-state index >= 15 is 0 Å². The minimum absolute atomic E-state index is 0.519. The Morgan fingerprint density at radius 2 is 2.25 bits per heavy atom. The Morgan fingerprint density at radius 3 is 3.00 bits per heavy atom. The maximum Gasteiger partial charge on any atom is 0.224 e. The third-order valence-corrected chi connectivity index (χ3v) is 5.34. The molecule has 1 aromatic rings. The van der Waals surface area contributed by atoms with Crippen LogP contribution in [-0.2, 0) is 0 Å². The van der Waals surface area contributed by atoms with Crippen molar-refractivity contribution in [2.75, 3.05) is 22.9 Å². The molecule has 0 amide bonds. The summed E-state index contributed by atoms with van der Waals surface area (Å²) in [4.78, 5) is 8.87. The van der Waals surface area contributed by atoms with Crippen LogP contribution in [0.3, 0.4) is 0 Å². The Kier molecular flexibility index (Phi) is 6.42. The zero-order chi connectivity index (χ0) is 14.4. The topological polar surface area (TPSA) is 49.8 Å². The van der Waals surface area contributed by atoms with Gasteiger partial charge in [0.05, 0.1) is 4.47 Å². The maximum atomic E-state index is 4.58. The summed E-state index contributed by atoms with van der Waals surface area (Å²) in [5.74, 6) is 2.79. The lowest BCUT2D eigenvalue weighted by molar-refractivity contribution is 0.760. The monoisotopic (exact) mass is 358 g/mol. The second-order valence-corrected chi connectivity index (χ2v) is 7.36. The summed E-state index contributed by atoms with van der Waals surface area (Å²) >= 11 is 5.60. The van der Waals surface area contributed by atoms with E-state index in [2.05, 4.69) is 62.1 Å². The van der Waals surface area contributed by atoms with E-state index in [9.17, 15) is 0 Å². The molecule has 4 nitrogen and oxygen atoms in total. The van der Waals surface area contributed by atoms with Gasteiger partial charge in [0.1, 0.15) is 5.82 Å². The van der Waals surface area contributed by atoms with Crippen LogP contribution < -0.4 is 10.6 Å². The quantitative estimate of drug-likeness (QED) is 0.766. The van der Waals surface area contributed by atoms with Gasteiger partial charge in [-0.1, -0.05) is 20.3 Å². The van der Waals surface area contributed by atoms with Crippen molar-refractivity contribution in [3.05, 3.63) is 10.7 Å². The van der Waals surface area contributed by atoms with Crippen molar-refractivity contribution in [2.24, 2.45) is 0 Å². The largest absolute Gasteiger partial charge is 0.365 e. The van der Waals surface area contributed by atoms with Gasteiger partial charge < -0.3 is 10.6 Å². The second-order valence-electron chi connectivity index (χ2n) is 4.99. The first-order valence-corrected chi connectivity index (χ1v) is 9.23. The van der Waals surface area contributed by atoms with E-state index < -0.39 is 0 Å². The van der Waals surface area contributed by atoms with Crippen LogP contribution in [0.15, 0.2) is 10.7 Å². The van der Waals surface area contributed by atoms with E-state index in [0.29, 0.717) is 17.2 Å².